The fraction of sp³-hybridized carbons (Fsp3) is 0.531. The van der Waals surface area contributed by atoms with Crippen LogP contribution in [0.1, 0.15) is 63.9 Å². The van der Waals surface area contributed by atoms with Crippen molar-refractivity contribution in [3.05, 3.63) is 52.6 Å². The third-order valence-electron chi connectivity index (χ3n) is 9.85. The molecule has 0 aliphatic heterocycles. The van der Waals surface area contributed by atoms with Gasteiger partial charge in [-0.15, -0.1) is 0 Å². The number of rotatable bonds is 5. The normalized spacial score (nSPS) is 32.6. The number of benzene rings is 1. The Morgan fingerprint density at radius 1 is 1.17 bits per heavy atom. The lowest BCUT2D eigenvalue weighted by molar-refractivity contribution is -0.150. The number of hydrogen-bond donors (Lipinski definition) is 1. The van der Waals surface area contributed by atoms with Gasteiger partial charge in [-0.25, -0.2) is 4.39 Å². The molecule has 5 nitrogen and oxygen atoms in total. The molecule has 6 atom stereocenters. The SMILES string of the molecule is CNc1ccc([C@H]2C[C@@]3(C)[C@@H](CC[C@]3(C#CC(F)(F)F)C(=O)COC(C)=O)[C@@H]3CC(F)C4=CC(=O)CCC4=C32)cc1. The number of carbonyl (C=O) groups is 3. The maximum atomic E-state index is 15.8. The number of hydrogen-bond acceptors (Lipinski definition) is 5. The highest BCUT2D eigenvalue weighted by Crippen LogP contribution is 2.70. The number of fused-ring (bicyclic) bond motifs is 4. The molecule has 0 radical (unpaired) electrons. The topological polar surface area (TPSA) is 72.5 Å². The zero-order chi connectivity index (χ0) is 29.7. The van der Waals surface area contributed by atoms with Crippen LogP contribution in [0.15, 0.2) is 47.1 Å². The van der Waals surface area contributed by atoms with Gasteiger partial charge in [0.15, 0.2) is 18.2 Å². The first-order chi connectivity index (χ1) is 19.3. The van der Waals surface area contributed by atoms with E-state index in [2.05, 4.69) is 11.2 Å². The van der Waals surface area contributed by atoms with Gasteiger partial charge in [-0.3, -0.25) is 14.4 Å². The second-order valence-corrected chi connectivity index (χ2v) is 11.9. The quantitative estimate of drug-likeness (QED) is 0.257. The number of Topliss-reactive ketones (excluding diaryl/α,β-unsaturated/α-hetero) is 1. The van der Waals surface area contributed by atoms with Crippen LogP contribution < -0.4 is 5.32 Å². The van der Waals surface area contributed by atoms with E-state index in [0.29, 0.717) is 24.8 Å². The summed E-state index contributed by atoms with van der Waals surface area (Å²) in [6.07, 6.45) is -3.27. The van der Waals surface area contributed by atoms with Crippen LogP contribution >= 0.6 is 0 Å². The summed E-state index contributed by atoms with van der Waals surface area (Å²) in [5.41, 5.74) is 1.28. The number of alkyl halides is 4. The van der Waals surface area contributed by atoms with Gasteiger partial charge in [0, 0.05) is 37.9 Å². The first-order valence-electron chi connectivity index (χ1n) is 14.0. The van der Waals surface area contributed by atoms with E-state index in [1.54, 1.807) is 14.0 Å². The predicted octanol–water partition coefficient (Wildman–Crippen LogP) is 6.26. The zero-order valence-corrected chi connectivity index (χ0v) is 23.3. The van der Waals surface area contributed by atoms with Crippen LogP contribution in [0.25, 0.3) is 0 Å². The third-order valence-corrected chi connectivity index (χ3v) is 9.85. The fourth-order valence-corrected chi connectivity index (χ4v) is 8.04. The Morgan fingerprint density at radius 2 is 1.88 bits per heavy atom. The average molecular weight is 572 g/mol. The fourth-order valence-electron chi connectivity index (χ4n) is 8.04. The van der Waals surface area contributed by atoms with Gasteiger partial charge in [-0.2, -0.15) is 13.2 Å². The highest BCUT2D eigenvalue weighted by molar-refractivity contribution is 5.94. The minimum Gasteiger partial charge on any atom is -0.458 e. The molecule has 2 saturated carbocycles. The maximum Gasteiger partial charge on any atom is 0.457 e. The molecule has 0 spiro atoms. The minimum atomic E-state index is -4.82. The van der Waals surface area contributed by atoms with Crippen LogP contribution in [0.5, 0.6) is 0 Å². The van der Waals surface area contributed by atoms with Gasteiger partial charge in [-0.1, -0.05) is 30.6 Å². The number of carbonyl (C=O) groups excluding carboxylic acids is 3. The molecule has 0 bridgehead atoms. The summed E-state index contributed by atoms with van der Waals surface area (Å²) < 4.78 is 61.2. The predicted molar refractivity (Wildman–Crippen MR) is 144 cm³/mol. The molecular formula is C32H33F4NO4. The molecule has 9 heteroatoms. The van der Waals surface area contributed by atoms with Crippen molar-refractivity contribution in [1.82, 2.24) is 0 Å². The lowest BCUT2D eigenvalue weighted by atomic mass is 9.48. The van der Waals surface area contributed by atoms with Gasteiger partial charge >= 0.3 is 12.1 Å². The summed E-state index contributed by atoms with van der Waals surface area (Å²) in [5, 5.41) is 3.08. The van der Waals surface area contributed by atoms with Gasteiger partial charge in [0.05, 0.1) is 5.41 Å². The van der Waals surface area contributed by atoms with Crippen molar-refractivity contribution in [1.29, 1.82) is 0 Å². The molecule has 1 aromatic rings. The molecule has 4 aliphatic carbocycles. The Labute approximate surface area is 236 Å². The van der Waals surface area contributed by atoms with Crippen molar-refractivity contribution in [3.63, 3.8) is 0 Å². The Balaban J connectivity index is 1.71. The molecule has 2 fully saturated rings. The lowest BCUT2D eigenvalue weighted by Gasteiger charge is -2.55. The van der Waals surface area contributed by atoms with Crippen LogP contribution in [-0.4, -0.2) is 43.5 Å². The number of esters is 1. The average Bonchev–Trinajstić information content (AvgIpc) is 3.23. The first-order valence-corrected chi connectivity index (χ1v) is 14.0. The largest absolute Gasteiger partial charge is 0.458 e. The highest BCUT2D eigenvalue weighted by Gasteiger charge is 2.66. The molecule has 1 N–H and O–H groups in total. The standard InChI is InChI=1S/C32H33F4NO4/c1-18(38)41-17-28(40)31(12-13-32(34,35)36)11-10-26-24-15-27(33)23-14-21(39)8-9-22(23)29(24)25(16-30(26,31)2)19-4-6-20(37-3)7-5-19/h4-7,14,24-27,37H,8-11,15-17H2,1-3H3/t24-,25+,26-,27?,30-,31-/m0/s1. The van der Waals surface area contributed by atoms with Gasteiger partial charge < -0.3 is 10.1 Å². The van der Waals surface area contributed by atoms with Crippen molar-refractivity contribution >= 4 is 23.2 Å². The Kier molecular flexibility index (Phi) is 7.42. The van der Waals surface area contributed by atoms with Gasteiger partial charge in [0.1, 0.15) is 6.17 Å². The summed E-state index contributed by atoms with van der Waals surface area (Å²) in [7, 11) is 1.79. The molecule has 1 aromatic carbocycles. The molecule has 0 heterocycles. The van der Waals surface area contributed by atoms with E-state index < -0.39 is 41.5 Å². The van der Waals surface area contributed by atoms with Crippen LogP contribution in [0.2, 0.25) is 0 Å². The summed E-state index contributed by atoms with van der Waals surface area (Å²) in [6.45, 7) is 2.26. The molecule has 218 valence electrons. The molecule has 0 aromatic heterocycles. The second kappa shape index (κ2) is 10.5. The van der Waals surface area contributed by atoms with Crippen molar-refractivity contribution in [3.8, 4) is 11.8 Å². The van der Waals surface area contributed by atoms with E-state index in [1.807, 2.05) is 24.3 Å². The minimum absolute atomic E-state index is 0.0556. The molecule has 5 rings (SSSR count). The van der Waals surface area contributed by atoms with Gasteiger partial charge in [0.2, 0.25) is 0 Å². The second-order valence-electron chi connectivity index (χ2n) is 11.9. The smallest absolute Gasteiger partial charge is 0.457 e. The summed E-state index contributed by atoms with van der Waals surface area (Å²) >= 11 is 0. The van der Waals surface area contributed by atoms with Crippen molar-refractivity contribution in [2.75, 3.05) is 19.0 Å². The number of halogens is 4. The number of nitrogens with one attached hydrogen (secondary N) is 1. The van der Waals surface area contributed by atoms with E-state index in [9.17, 15) is 27.6 Å². The number of ketones is 2. The molecule has 0 amide bonds. The Morgan fingerprint density at radius 3 is 2.51 bits per heavy atom. The summed E-state index contributed by atoms with van der Waals surface area (Å²) in [4.78, 5) is 37.6. The number of ether oxygens (including phenoxy) is 1. The summed E-state index contributed by atoms with van der Waals surface area (Å²) in [5.74, 6) is 1.28. The first kappa shape index (κ1) is 29.1. The number of anilines is 1. The van der Waals surface area contributed by atoms with Crippen molar-refractivity contribution in [2.45, 2.75) is 70.6 Å². The molecule has 1 unspecified atom stereocenters. The third kappa shape index (κ3) is 5.00. The van der Waals surface area contributed by atoms with Gasteiger partial charge in [0.25, 0.3) is 0 Å². The summed E-state index contributed by atoms with van der Waals surface area (Å²) in [6, 6.07) is 7.71. The van der Waals surface area contributed by atoms with Crippen LogP contribution in [0, 0.1) is 34.5 Å². The van der Waals surface area contributed by atoms with Crippen LogP contribution in [0.3, 0.4) is 0 Å². The molecule has 41 heavy (non-hydrogen) atoms. The molecule has 4 aliphatic rings. The lowest BCUT2D eigenvalue weighted by Crippen LogP contribution is -2.52. The highest BCUT2D eigenvalue weighted by atomic mass is 19.4. The monoisotopic (exact) mass is 571 g/mol. The van der Waals surface area contributed by atoms with Crippen LogP contribution in [0.4, 0.5) is 23.2 Å². The van der Waals surface area contributed by atoms with Crippen molar-refractivity contribution < 1.29 is 36.7 Å². The Bertz CT molecular complexity index is 1400. The maximum absolute atomic E-state index is 15.8. The molecule has 0 saturated heterocycles. The van der Waals surface area contributed by atoms with E-state index in [4.69, 9.17) is 4.74 Å². The van der Waals surface area contributed by atoms with E-state index in [1.165, 1.54) is 12.0 Å². The van der Waals surface area contributed by atoms with E-state index >= 15 is 4.39 Å². The zero-order valence-electron chi connectivity index (χ0n) is 23.3. The Hall–Kier alpha value is -3.41. The van der Waals surface area contributed by atoms with Gasteiger partial charge in [-0.05, 0) is 84.3 Å². The van der Waals surface area contributed by atoms with Crippen LogP contribution in [-0.2, 0) is 19.1 Å². The van der Waals surface area contributed by atoms with E-state index in [0.717, 1.165) is 29.3 Å². The van der Waals surface area contributed by atoms with Crippen molar-refractivity contribution in [2.24, 2.45) is 22.7 Å². The number of allylic oxidation sites excluding steroid dienone is 4. The van der Waals surface area contributed by atoms with E-state index in [-0.39, 0.29) is 42.8 Å². The molecular weight excluding hydrogens is 538 g/mol.